The zero-order valence-electron chi connectivity index (χ0n) is 16.7. The van der Waals surface area contributed by atoms with Gasteiger partial charge in [-0.15, -0.1) is 0 Å². The van der Waals surface area contributed by atoms with Gasteiger partial charge in [0.2, 0.25) is 6.79 Å². The van der Waals surface area contributed by atoms with Crippen molar-refractivity contribution in [1.29, 1.82) is 0 Å². The fraction of sp³-hybridized carbons (Fsp3) is 0.0435. The normalized spacial score (nSPS) is 11.8. The number of carbonyl (C=O) groups excluding carboxylic acids is 3. The number of nitrogens with zero attached hydrogens (tertiary/aromatic N) is 1. The van der Waals surface area contributed by atoms with Crippen molar-refractivity contribution in [3.63, 3.8) is 0 Å². The predicted octanol–water partition coefficient (Wildman–Crippen LogP) is 2.76. The van der Waals surface area contributed by atoms with Crippen molar-refractivity contribution in [3.8, 4) is 11.5 Å². The van der Waals surface area contributed by atoms with Gasteiger partial charge in [-0.2, -0.15) is 5.10 Å². The molecule has 0 unspecified atom stereocenters. The molecule has 3 aromatic rings. The summed E-state index contributed by atoms with van der Waals surface area (Å²) in [5, 5.41) is 8.96. The van der Waals surface area contributed by atoms with Crippen LogP contribution in [-0.4, -0.2) is 30.7 Å². The first-order valence-electron chi connectivity index (χ1n) is 9.59. The van der Waals surface area contributed by atoms with Gasteiger partial charge in [0.05, 0.1) is 17.5 Å². The fourth-order valence-electron chi connectivity index (χ4n) is 2.90. The van der Waals surface area contributed by atoms with E-state index in [0.717, 1.165) is 0 Å². The van der Waals surface area contributed by atoms with Crippen LogP contribution in [0.3, 0.4) is 0 Å². The molecular formula is C23H18N4O5. The van der Waals surface area contributed by atoms with Crippen molar-refractivity contribution in [2.24, 2.45) is 5.10 Å². The van der Waals surface area contributed by atoms with Gasteiger partial charge in [0, 0.05) is 5.69 Å². The number of para-hydroxylation sites is 2. The summed E-state index contributed by atoms with van der Waals surface area (Å²) in [6, 6.07) is 20.4. The summed E-state index contributed by atoms with van der Waals surface area (Å²) < 4.78 is 10.5. The molecule has 0 aromatic heterocycles. The van der Waals surface area contributed by atoms with Crippen LogP contribution < -0.4 is 25.5 Å². The monoisotopic (exact) mass is 430 g/mol. The number of carbonyl (C=O) groups is 3. The zero-order chi connectivity index (χ0) is 22.3. The van der Waals surface area contributed by atoms with Crippen molar-refractivity contribution in [3.05, 3.63) is 83.9 Å². The maximum atomic E-state index is 12.6. The molecule has 0 aliphatic carbocycles. The third-order valence-corrected chi connectivity index (χ3v) is 4.43. The van der Waals surface area contributed by atoms with Crippen molar-refractivity contribution in [2.45, 2.75) is 0 Å². The molecule has 3 aromatic carbocycles. The lowest BCUT2D eigenvalue weighted by atomic mass is 10.1. The van der Waals surface area contributed by atoms with Crippen molar-refractivity contribution < 1.29 is 23.9 Å². The first-order valence-corrected chi connectivity index (χ1v) is 9.59. The van der Waals surface area contributed by atoms with E-state index in [2.05, 4.69) is 21.2 Å². The Morgan fingerprint density at radius 1 is 0.812 bits per heavy atom. The van der Waals surface area contributed by atoms with Gasteiger partial charge >= 0.3 is 11.8 Å². The van der Waals surface area contributed by atoms with Crippen LogP contribution in [0.5, 0.6) is 11.5 Å². The molecule has 0 bridgehead atoms. The number of hydrazone groups is 1. The number of benzene rings is 3. The largest absolute Gasteiger partial charge is 0.454 e. The molecule has 0 atom stereocenters. The molecule has 0 saturated heterocycles. The Bertz CT molecular complexity index is 1190. The van der Waals surface area contributed by atoms with Crippen LogP contribution in [0, 0.1) is 0 Å². The number of hydrogen-bond donors (Lipinski definition) is 3. The smallest absolute Gasteiger partial charge is 0.329 e. The number of ether oxygens (including phenoxy) is 2. The molecule has 3 amide bonds. The Labute approximate surface area is 183 Å². The highest BCUT2D eigenvalue weighted by Crippen LogP contribution is 2.31. The predicted molar refractivity (Wildman–Crippen MR) is 118 cm³/mol. The number of rotatable bonds is 5. The molecule has 1 aliphatic rings. The molecule has 1 heterocycles. The average Bonchev–Trinajstić information content (AvgIpc) is 3.28. The van der Waals surface area contributed by atoms with E-state index in [1.165, 1.54) is 12.3 Å². The van der Waals surface area contributed by atoms with Crippen LogP contribution in [0.25, 0.3) is 0 Å². The summed E-state index contributed by atoms with van der Waals surface area (Å²) >= 11 is 0. The lowest BCUT2D eigenvalue weighted by molar-refractivity contribution is -0.136. The summed E-state index contributed by atoms with van der Waals surface area (Å²) in [6.07, 6.45) is 1.37. The van der Waals surface area contributed by atoms with Crippen molar-refractivity contribution in [1.82, 2.24) is 5.43 Å². The van der Waals surface area contributed by atoms with E-state index in [9.17, 15) is 14.4 Å². The molecule has 9 nitrogen and oxygen atoms in total. The topological polar surface area (TPSA) is 118 Å². The van der Waals surface area contributed by atoms with Gasteiger partial charge in [-0.05, 0) is 48.0 Å². The van der Waals surface area contributed by atoms with E-state index in [-0.39, 0.29) is 18.0 Å². The summed E-state index contributed by atoms with van der Waals surface area (Å²) in [5.74, 6) is -1.18. The van der Waals surface area contributed by atoms with Gasteiger partial charge in [0.15, 0.2) is 11.5 Å². The highest BCUT2D eigenvalue weighted by molar-refractivity contribution is 6.40. The van der Waals surface area contributed by atoms with Gasteiger partial charge in [-0.25, -0.2) is 5.43 Å². The lowest BCUT2D eigenvalue weighted by Crippen LogP contribution is -2.33. The van der Waals surface area contributed by atoms with E-state index < -0.39 is 17.7 Å². The quantitative estimate of drug-likeness (QED) is 0.327. The Hall–Kier alpha value is -4.66. The van der Waals surface area contributed by atoms with Gasteiger partial charge in [-0.3, -0.25) is 14.4 Å². The minimum Gasteiger partial charge on any atom is -0.454 e. The van der Waals surface area contributed by atoms with Crippen LogP contribution in [0.2, 0.25) is 0 Å². The van der Waals surface area contributed by atoms with Gasteiger partial charge in [-0.1, -0.05) is 30.3 Å². The fourth-order valence-corrected chi connectivity index (χ4v) is 2.90. The van der Waals surface area contributed by atoms with Crippen molar-refractivity contribution >= 4 is 35.3 Å². The Kier molecular flexibility index (Phi) is 6.08. The number of anilines is 2. The van der Waals surface area contributed by atoms with Gasteiger partial charge in [0.1, 0.15) is 0 Å². The highest BCUT2D eigenvalue weighted by Gasteiger charge is 2.18. The number of amides is 3. The molecule has 32 heavy (non-hydrogen) atoms. The van der Waals surface area contributed by atoms with E-state index in [1.54, 1.807) is 60.7 Å². The molecule has 0 saturated carbocycles. The van der Waals surface area contributed by atoms with Crippen LogP contribution in [0.1, 0.15) is 15.9 Å². The first kappa shape index (κ1) is 20.6. The lowest BCUT2D eigenvalue weighted by Gasteiger charge is -2.11. The first-order chi connectivity index (χ1) is 15.6. The summed E-state index contributed by atoms with van der Waals surface area (Å²) in [6.45, 7) is 0.150. The maximum Gasteiger partial charge on any atom is 0.329 e. The third kappa shape index (κ3) is 4.90. The molecule has 0 fully saturated rings. The second-order valence-electron chi connectivity index (χ2n) is 6.63. The van der Waals surface area contributed by atoms with Crippen LogP contribution in [0.15, 0.2) is 77.9 Å². The zero-order valence-corrected chi connectivity index (χ0v) is 16.7. The standard InChI is InChI=1S/C23H18N4O5/c28-21(25-16-6-2-1-3-7-16)17-8-4-5-9-18(17)26-22(29)23(30)27-24-13-15-10-11-19-20(12-15)32-14-31-19/h1-13H,14H2,(H,25,28)(H,26,29)(H,27,30)/b24-13-. The molecule has 0 spiro atoms. The van der Waals surface area contributed by atoms with Crippen LogP contribution in [0.4, 0.5) is 11.4 Å². The van der Waals surface area contributed by atoms with Crippen molar-refractivity contribution in [2.75, 3.05) is 17.4 Å². The van der Waals surface area contributed by atoms with E-state index in [1.807, 2.05) is 6.07 Å². The molecule has 4 rings (SSSR count). The molecule has 9 heteroatoms. The second-order valence-corrected chi connectivity index (χ2v) is 6.63. The third-order valence-electron chi connectivity index (χ3n) is 4.43. The highest BCUT2D eigenvalue weighted by atomic mass is 16.7. The second kappa shape index (κ2) is 9.43. The Morgan fingerprint density at radius 3 is 2.41 bits per heavy atom. The minimum absolute atomic E-state index is 0.150. The maximum absolute atomic E-state index is 12.6. The molecule has 1 aliphatic heterocycles. The average molecular weight is 430 g/mol. The molecular weight excluding hydrogens is 412 g/mol. The Morgan fingerprint density at radius 2 is 1.56 bits per heavy atom. The SMILES string of the molecule is O=C(N/N=C\c1ccc2c(c1)OCO2)C(=O)Nc1ccccc1C(=O)Nc1ccccc1. The van der Waals surface area contributed by atoms with E-state index >= 15 is 0 Å². The number of hydrogen-bond acceptors (Lipinski definition) is 6. The number of nitrogens with one attached hydrogen (secondary N) is 3. The summed E-state index contributed by atoms with van der Waals surface area (Å²) in [4.78, 5) is 37.0. The molecule has 160 valence electrons. The van der Waals surface area contributed by atoms with Crippen LogP contribution >= 0.6 is 0 Å². The number of fused-ring (bicyclic) bond motifs is 1. The Balaban J connectivity index is 1.37. The van der Waals surface area contributed by atoms with Crippen LogP contribution in [-0.2, 0) is 9.59 Å². The molecule has 0 radical (unpaired) electrons. The molecule has 3 N–H and O–H groups in total. The van der Waals surface area contributed by atoms with Gasteiger partial charge < -0.3 is 20.1 Å². The summed E-state index contributed by atoms with van der Waals surface area (Å²) in [5.41, 5.74) is 3.81. The summed E-state index contributed by atoms with van der Waals surface area (Å²) in [7, 11) is 0. The minimum atomic E-state index is -0.986. The van der Waals surface area contributed by atoms with E-state index in [0.29, 0.717) is 22.7 Å². The van der Waals surface area contributed by atoms with E-state index in [4.69, 9.17) is 9.47 Å². The van der Waals surface area contributed by atoms with Gasteiger partial charge in [0.25, 0.3) is 5.91 Å².